The molecule has 1 aromatic heterocycles. The van der Waals surface area contributed by atoms with Gasteiger partial charge in [-0.3, -0.25) is 0 Å². The van der Waals surface area contributed by atoms with Crippen molar-refractivity contribution in [3.8, 4) is 22.9 Å². The average molecular weight is 401 g/mol. The van der Waals surface area contributed by atoms with Crippen LogP contribution in [0.2, 0.25) is 0 Å². The van der Waals surface area contributed by atoms with Crippen LogP contribution in [0.25, 0.3) is 11.4 Å². The summed E-state index contributed by atoms with van der Waals surface area (Å²) < 4.78 is 40.0. The summed E-state index contributed by atoms with van der Waals surface area (Å²) in [6.45, 7) is 0.960. The second-order valence-corrected chi connectivity index (χ2v) is 7.85. The van der Waals surface area contributed by atoms with Crippen LogP contribution in [0.1, 0.15) is 6.42 Å². The molecule has 3 rings (SSSR count). The van der Waals surface area contributed by atoms with Gasteiger partial charge in [0, 0.05) is 37.1 Å². The first kappa shape index (κ1) is 19.9. The van der Waals surface area contributed by atoms with E-state index < -0.39 is 10.0 Å². The Hall–Kier alpha value is -2.84. The summed E-state index contributed by atoms with van der Waals surface area (Å²) in [6, 6.07) is 14.4. The van der Waals surface area contributed by atoms with E-state index in [0.29, 0.717) is 31.0 Å². The molecule has 0 saturated carbocycles. The Morgan fingerprint density at radius 3 is 2.50 bits per heavy atom. The number of aromatic nitrogens is 2. The second-order valence-electron chi connectivity index (χ2n) is 6.08. The molecule has 0 bridgehead atoms. The lowest BCUT2D eigenvalue weighted by Crippen LogP contribution is -2.25. The Bertz CT molecular complexity index is 1020. The van der Waals surface area contributed by atoms with Crippen molar-refractivity contribution in [2.75, 3.05) is 20.8 Å². The number of hydrogen-bond acceptors (Lipinski definition) is 5. The van der Waals surface area contributed by atoms with Gasteiger partial charge < -0.3 is 14.0 Å². The van der Waals surface area contributed by atoms with Gasteiger partial charge in [0.15, 0.2) is 11.5 Å². The Morgan fingerprint density at radius 2 is 1.79 bits per heavy atom. The zero-order valence-corrected chi connectivity index (χ0v) is 16.6. The summed E-state index contributed by atoms with van der Waals surface area (Å²) in [5.41, 5.74) is 1.03. The minimum Gasteiger partial charge on any atom is -0.493 e. The molecule has 0 spiro atoms. The van der Waals surface area contributed by atoms with Gasteiger partial charge in [0.25, 0.3) is 0 Å². The van der Waals surface area contributed by atoms with Crippen LogP contribution in [0.5, 0.6) is 11.5 Å². The fraction of sp³-hybridized carbons (Fsp3) is 0.250. The zero-order chi connectivity index (χ0) is 20.0. The number of nitrogens with zero attached hydrogens (tertiary/aromatic N) is 2. The number of hydrogen-bond donors (Lipinski definition) is 1. The van der Waals surface area contributed by atoms with E-state index >= 15 is 0 Å². The molecule has 0 amide bonds. The Kier molecular flexibility index (Phi) is 6.33. The van der Waals surface area contributed by atoms with Gasteiger partial charge in [-0.15, -0.1) is 0 Å². The standard InChI is InChI=1S/C20H23N3O4S/c1-26-18-10-9-17(15-19(18)27-2)28(24,25)22-11-6-13-23-14-12-21-20(23)16-7-4-3-5-8-16/h3-5,7-10,12,14-15,22H,6,11,13H2,1-2H3. The topological polar surface area (TPSA) is 82.5 Å². The Balaban J connectivity index is 1.61. The first-order chi connectivity index (χ1) is 13.5. The van der Waals surface area contributed by atoms with E-state index in [2.05, 4.69) is 9.71 Å². The van der Waals surface area contributed by atoms with Crippen molar-refractivity contribution in [3.05, 3.63) is 60.9 Å². The monoisotopic (exact) mass is 401 g/mol. The molecule has 0 radical (unpaired) electrons. The van der Waals surface area contributed by atoms with Crippen LogP contribution in [0.3, 0.4) is 0 Å². The van der Waals surface area contributed by atoms with Crippen LogP contribution in [0.15, 0.2) is 65.8 Å². The fourth-order valence-corrected chi connectivity index (χ4v) is 3.95. The lowest BCUT2D eigenvalue weighted by molar-refractivity contribution is 0.354. The predicted molar refractivity (Wildman–Crippen MR) is 107 cm³/mol. The first-order valence-electron chi connectivity index (χ1n) is 8.83. The van der Waals surface area contributed by atoms with E-state index in [1.807, 2.05) is 41.1 Å². The van der Waals surface area contributed by atoms with Crippen LogP contribution in [0, 0.1) is 0 Å². The maximum atomic E-state index is 12.5. The summed E-state index contributed by atoms with van der Waals surface area (Å²) >= 11 is 0. The van der Waals surface area contributed by atoms with E-state index in [4.69, 9.17) is 9.47 Å². The summed E-state index contributed by atoms with van der Waals surface area (Å²) in [5.74, 6) is 1.72. The Morgan fingerprint density at radius 1 is 1.04 bits per heavy atom. The third kappa shape index (κ3) is 4.52. The molecule has 148 valence electrons. The maximum absolute atomic E-state index is 12.5. The van der Waals surface area contributed by atoms with Gasteiger partial charge in [-0.2, -0.15) is 0 Å². The minimum atomic E-state index is -3.63. The molecule has 1 heterocycles. The van der Waals surface area contributed by atoms with Crippen molar-refractivity contribution in [3.63, 3.8) is 0 Å². The summed E-state index contributed by atoms with van der Waals surface area (Å²) in [5, 5.41) is 0. The highest BCUT2D eigenvalue weighted by molar-refractivity contribution is 7.89. The smallest absolute Gasteiger partial charge is 0.240 e. The number of sulfonamides is 1. The highest BCUT2D eigenvalue weighted by Gasteiger charge is 2.16. The maximum Gasteiger partial charge on any atom is 0.240 e. The van der Waals surface area contributed by atoms with Gasteiger partial charge in [0.1, 0.15) is 5.82 Å². The molecule has 0 aliphatic rings. The van der Waals surface area contributed by atoms with Crippen LogP contribution in [0.4, 0.5) is 0 Å². The van der Waals surface area contributed by atoms with Crippen molar-refractivity contribution in [2.24, 2.45) is 0 Å². The van der Waals surface area contributed by atoms with Gasteiger partial charge in [0.2, 0.25) is 10.0 Å². The number of imidazole rings is 1. The van der Waals surface area contributed by atoms with Crippen LogP contribution in [-0.2, 0) is 16.6 Å². The van der Waals surface area contributed by atoms with Crippen LogP contribution < -0.4 is 14.2 Å². The molecule has 1 N–H and O–H groups in total. The van der Waals surface area contributed by atoms with Gasteiger partial charge in [0.05, 0.1) is 19.1 Å². The van der Waals surface area contributed by atoms with Crippen molar-refractivity contribution >= 4 is 10.0 Å². The predicted octanol–water partition coefficient (Wildman–Crippen LogP) is 2.94. The van der Waals surface area contributed by atoms with Crippen LogP contribution >= 0.6 is 0 Å². The third-order valence-corrected chi connectivity index (χ3v) is 5.74. The molecule has 0 atom stereocenters. The number of nitrogens with one attached hydrogen (secondary N) is 1. The van der Waals surface area contributed by atoms with Gasteiger partial charge in [-0.05, 0) is 18.6 Å². The number of aryl methyl sites for hydroxylation is 1. The molecule has 8 heteroatoms. The van der Waals surface area contributed by atoms with Crippen molar-refractivity contribution < 1.29 is 17.9 Å². The van der Waals surface area contributed by atoms with E-state index in [1.165, 1.54) is 26.4 Å². The van der Waals surface area contributed by atoms with Gasteiger partial charge >= 0.3 is 0 Å². The van der Waals surface area contributed by atoms with Crippen molar-refractivity contribution in [1.29, 1.82) is 0 Å². The van der Waals surface area contributed by atoms with Crippen molar-refractivity contribution in [2.45, 2.75) is 17.9 Å². The minimum absolute atomic E-state index is 0.137. The van der Waals surface area contributed by atoms with Crippen LogP contribution in [-0.4, -0.2) is 38.7 Å². The number of benzene rings is 2. The molecule has 0 aliphatic heterocycles. The number of ether oxygens (including phenoxy) is 2. The molecular formula is C20H23N3O4S. The van der Waals surface area contributed by atoms with E-state index in [0.717, 1.165) is 11.4 Å². The van der Waals surface area contributed by atoms with E-state index in [9.17, 15) is 8.42 Å². The highest BCUT2D eigenvalue weighted by atomic mass is 32.2. The lowest BCUT2D eigenvalue weighted by atomic mass is 10.2. The molecule has 3 aromatic rings. The molecule has 0 unspecified atom stereocenters. The molecule has 2 aromatic carbocycles. The molecular weight excluding hydrogens is 378 g/mol. The molecule has 0 fully saturated rings. The SMILES string of the molecule is COc1ccc(S(=O)(=O)NCCCn2ccnc2-c2ccccc2)cc1OC. The summed E-state index contributed by atoms with van der Waals surface area (Å²) in [4.78, 5) is 4.53. The lowest BCUT2D eigenvalue weighted by Gasteiger charge is -2.12. The second kappa shape index (κ2) is 8.90. The molecule has 0 saturated heterocycles. The molecule has 0 aliphatic carbocycles. The highest BCUT2D eigenvalue weighted by Crippen LogP contribution is 2.29. The van der Waals surface area contributed by atoms with Crippen molar-refractivity contribution in [1.82, 2.24) is 14.3 Å². The first-order valence-corrected chi connectivity index (χ1v) is 10.3. The number of rotatable bonds is 9. The fourth-order valence-electron chi connectivity index (χ4n) is 2.86. The number of methoxy groups -OCH3 is 2. The average Bonchev–Trinajstić information content (AvgIpc) is 3.20. The largest absolute Gasteiger partial charge is 0.493 e. The molecule has 28 heavy (non-hydrogen) atoms. The normalized spacial score (nSPS) is 11.4. The molecule has 7 nitrogen and oxygen atoms in total. The third-order valence-electron chi connectivity index (χ3n) is 4.28. The van der Waals surface area contributed by atoms with E-state index in [1.54, 1.807) is 12.3 Å². The Labute approximate surface area is 165 Å². The summed E-state index contributed by atoms with van der Waals surface area (Å²) in [6.07, 6.45) is 4.27. The van der Waals surface area contributed by atoms with Gasteiger partial charge in [-0.1, -0.05) is 30.3 Å². The zero-order valence-electron chi connectivity index (χ0n) is 15.8. The van der Waals surface area contributed by atoms with Gasteiger partial charge in [-0.25, -0.2) is 18.1 Å². The quantitative estimate of drug-likeness (QED) is 0.558. The summed E-state index contributed by atoms with van der Waals surface area (Å²) in [7, 11) is -0.658. The van der Waals surface area contributed by atoms with E-state index in [-0.39, 0.29) is 4.90 Å².